The highest BCUT2D eigenvalue weighted by Gasteiger charge is 2.22. The van der Waals surface area contributed by atoms with Crippen LogP contribution in [0.15, 0.2) is 27.8 Å². The van der Waals surface area contributed by atoms with Crippen molar-refractivity contribution in [2.75, 3.05) is 5.73 Å². The molecule has 7 nitrogen and oxygen atoms in total. The molecule has 7 heteroatoms. The van der Waals surface area contributed by atoms with E-state index in [0.29, 0.717) is 5.69 Å². The van der Waals surface area contributed by atoms with E-state index in [1.54, 1.807) is 6.07 Å². The van der Waals surface area contributed by atoms with Gasteiger partial charge in [-0.1, -0.05) is 32.0 Å². The van der Waals surface area contributed by atoms with Gasteiger partial charge in [-0.25, -0.2) is 9.36 Å². The Morgan fingerprint density at radius 3 is 2.62 bits per heavy atom. The lowest BCUT2D eigenvalue weighted by Gasteiger charge is -2.19. The SMILES string of the molecule is Cc1cccc(C(C)C)c1-n1c(N)c(C(=O)CC#N)c(=O)[nH]c1=O. The highest BCUT2D eigenvalue weighted by molar-refractivity contribution is 6.01. The number of nitriles is 1. The summed E-state index contributed by atoms with van der Waals surface area (Å²) in [6, 6.07) is 7.23. The zero-order valence-corrected chi connectivity index (χ0v) is 13.7. The molecule has 3 N–H and O–H groups in total. The fraction of sp³-hybridized carbons (Fsp3) is 0.294. The van der Waals surface area contributed by atoms with E-state index in [4.69, 9.17) is 11.0 Å². The molecule has 0 aliphatic rings. The number of H-pyrrole nitrogens is 1. The summed E-state index contributed by atoms with van der Waals surface area (Å²) < 4.78 is 1.14. The van der Waals surface area contributed by atoms with Crippen molar-refractivity contribution in [1.29, 1.82) is 5.26 Å². The Morgan fingerprint density at radius 1 is 1.38 bits per heavy atom. The molecule has 1 heterocycles. The maximum absolute atomic E-state index is 12.4. The van der Waals surface area contributed by atoms with Crippen LogP contribution < -0.4 is 17.0 Å². The molecule has 0 amide bonds. The molecular formula is C17H18N4O3. The summed E-state index contributed by atoms with van der Waals surface area (Å²) in [6.45, 7) is 5.74. The number of nitrogens with one attached hydrogen (secondary N) is 1. The molecule has 0 radical (unpaired) electrons. The normalized spacial score (nSPS) is 10.6. The summed E-state index contributed by atoms with van der Waals surface area (Å²) in [6.07, 6.45) is -0.490. The van der Waals surface area contributed by atoms with E-state index in [2.05, 4.69) is 4.98 Å². The lowest BCUT2D eigenvalue weighted by molar-refractivity contribution is 0.0996. The molecule has 0 fully saturated rings. The topological polar surface area (TPSA) is 122 Å². The molecule has 0 saturated heterocycles. The van der Waals surface area contributed by atoms with Gasteiger partial charge in [0.1, 0.15) is 11.4 Å². The first-order valence-electron chi connectivity index (χ1n) is 7.44. The van der Waals surface area contributed by atoms with Crippen molar-refractivity contribution in [1.82, 2.24) is 9.55 Å². The van der Waals surface area contributed by atoms with Gasteiger partial charge in [-0.3, -0.25) is 14.6 Å². The molecule has 0 aliphatic heterocycles. The Balaban J connectivity index is 2.91. The number of rotatable bonds is 4. The average Bonchev–Trinajstić information content (AvgIpc) is 2.48. The van der Waals surface area contributed by atoms with Gasteiger partial charge in [0.05, 0.1) is 18.2 Å². The van der Waals surface area contributed by atoms with E-state index in [0.717, 1.165) is 15.7 Å². The lowest BCUT2D eigenvalue weighted by Crippen LogP contribution is -2.36. The fourth-order valence-electron chi connectivity index (χ4n) is 2.66. The molecule has 1 aromatic carbocycles. The Morgan fingerprint density at radius 2 is 2.04 bits per heavy atom. The number of nitrogens with two attached hydrogens (primary N) is 1. The van der Waals surface area contributed by atoms with Crippen molar-refractivity contribution in [3.05, 3.63) is 55.7 Å². The fourth-order valence-corrected chi connectivity index (χ4v) is 2.66. The molecule has 2 rings (SSSR count). The van der Waals surface area contributed by atoms with E-state index < -0.39 is 23.5 Å². The summed E-state index contributed by atoms with van der Waals surface area (Å²) in [7, 11) is 0. The van der Waals surface area contributed by atoms with Gasteiger partial charge < -0.3 is 5.73 Å². The summed E-state index contributed by atoms with van der Waals surface area (Å²) in [5, 5.41) is 8.69. The van der Waals surface area contributed by atoms with Crippen molar-refractivity contribution < 1.29 is 4.79 Å². The van der Waals surface area contributed by atoms with Crippen LogP contribution in [-0.2, 0) is 0 Å². The third-order valence-corrected chi connectivity index (χ3v) is 3.78. The number of hydrogen-bond donors (Lipinski definition) is 2. The van der Waals surface area contributed by atoms with Crippen LogP contribution in [0.25, 0.3) is 5.69 Å². The minimum Gasteiger partial charge on any atom is -0.384 e. The molecule has 0 spiro atoms. The highest BCUT2D eigenvalue weighted by atomic mass is 16.2. The number of hydrogen-bond acceptors (Lipinski definition) is 5. The van der Waals surface area contributed by atoms with E-state index >= 15 is 0 Å². The van der Waals surface area contributed by atoms with Crippen molar-refractivity contribution in [2.24, 2.45) is 0 Å². The summed E-state index contributed by atoms with van der Waals surface area (Å²) >= 11 is 0. The molecule has 0 atom stereocenters. The van der Waals surface area contributed by atoms with E-state index in [1.807, 2.05) is 39.0 Å². The molecule has 1 aromatic heterocycles. The number of nitrogen functional groups attached to an aromatic ring is 1. The number of ketones is 1. The third kappa shape index (κ3) is 2.86. The zero-order valence-electron chi connectivity index (χ0n) is 13.7. The molecule has 0 bridgehead atoms. The van der Waals surface area contributed by atoms with Gasteiger partial charge in [0.15, 0.2) is 5.78 Å². The quantitative estimate of drug-likeness (QED) is 0.827. The first-order chi connectivity index (χ1) is 11.3. The smallest absolute Gasteiger partial charge is 0.334 e. The van der Waals surface area contributed by atoms with Crippen LogP contribution in [0.2, 0.25) is 0 Å². The Kier molecular flexibility index (Phi) is 4.69. The van der Waals surface area contributed by atoms with Crippen molar-refractivity contribution in [2.45, 2.75) is 33.1 Å². The van der Waals surface area contributed by atoms with Crippen LogP contribution in [0.1, 0.15) is 47.7 Å². The van der Waals surface area contributed by atoms with Gasteiger partial charge in [0.25, 0.3) is 5.56 Å². The monoisotopic (exact) mass is 326 g/mol. The third-order valence-electron chi connectivity index (χ3n) is 3.78. The molecule has 24 heavy (non-hydrogen) atoms. The van der Waals surface area contributed by atoms with Gasteiger partial charge >= 0.3 is 5.69 Å². The standard InChI is InChI=1S/C17H18N4O3/c1-9(2)11-6-4-5-10(3)14(11)21-15(19)13(12(22)7-8-18)16(23)20-17(21)24/h4-6,9H,7,19H2,1-3H3,(H,20,23,24). The Bertz CT molecular complexity index is 961. The first kappa shape index (κ1) is 17.2. The predicted octanol–water partition coefficient (Wildman–Crippen LogP) is 1.64. The number of aromatic amines is 1. The van der Waals surface area contributed by atoms with Crippen LogP contribution in [0.5, 0.6) is 0 Å². The number of nitrogens with zero attached hydrogens (tertiary/aromatic N) is 2. The predicted molar refractivity (Wildman–Crippen MR) is 90.5 cm³/mol. The number of aryl methyl sites for hydroxylation is 1. The number of anilines is 1. The lowest BCUT2D eigenvalue weighted by atomic mass is 9.97. The summed E-state index contributed by atoms with van der Waals surface area (Å²) in [4.78, 5) is 38.5. The van der Waals surface area contributed by atoms with Crippen molar-refractivity contribution in [3.8, 4) is 11.8 Å². The maximum atomic E-state index is 12.4. The second-order valence-corrected chi connectivity index (χ2v) is 5.78. The highest BCUT2D eigenvalue weighted by Crippen LogP contribution is 2.27. The molecule has 0 saturated carbocycles. The van der Waals surface area contributed by atoms with Crippen LogP contribution in [-0.4, -0.2) is 15.3 Å². The van der Waals surface area contributed by atoms with Gasteiger partial charge in [-0.15, -0.1) is 0 Å². The molecular weight excluding hydrogens is 308 g/mol. The van der Waals surface area contributed by atoms with Crippen LogP contribution in [0.3, 0.4) is 0 Å². The second kappa shape index (κ2) is 6.54. The summed E-state index contributed by atoms with van der Waals surface area (Å²) in [5.74, 6) is -0.874. The van der Waals surface area contributed by atoms with E-state index in [-0.39, 0.29) is 17.3 Å². The van der Waals surface area contributed by atoms with Crippen LogP contribution in [0.4, 0.5) is 5.82 Å². The van der Waals surface area contributed by atoms with Gasteiger partial charge in [0.2, 0.25) is 0 Å². The largest absolute Gasteiger partial charge is 0.384 e. The minimum atomic E-state index is -0.881. The zero-order chi connectivity index (χ0) is 18.0. The molecule has 124 valence electrons. The van der Waals surface area contributed by atoms with E-state index in [9.17, 15) is 14.4 Å². The Labute approximate surface area is 138 Å². The number of aromatic nitrogens is 2. The average molecular weight is 326 g/mol. The Hall–Kier alpha value is -3.14. The minimum absolute atomic E-state index is 0.0939. The molecule has 0 aliphatic carbocycles. The van der Waals surface area contributed by atoms with Gasteiger partial charge in [-0.05, 0) is 24.0 Å². The molecule has 0 unspecified atom stereocenters. The number of carbonyl (C=O) groups is 1. The van der Waals surface area contributed by atoms with Crippen molar-refractivity contribution >= 4 is 11.6 Å². The number of carbonyl (C=O) groups excluding carboxylic acids is 1. The first-order valence-corrected chi connectivity index (χ1v) is 7.44. The number of Topliss-reactive ketones (excluding diaryl/α,β-unsaturated/α-hetero) is 1. The van der Waals surface area contributed by atoms with E-state index in [1.165, 1.54) is 0 Å². The van der Waals surface area contributed by atoms with Gasteiger partial charge in [0, 0.05) is 0 Å². The van der Waals surface area contributed by atoms with Crippen LogP contribution >= 0.6 is 0 Å². The maximum Gasteiger partial charge on any atom is 0.334 e. The summed E-state index contributed by atoms with van der Waals surface area (Å²) in [5.41, 5.74) is 6.20. The van der Waals surface area contributed by atoms with Crippen LogP contribution in [0, 0.1) is 18.3 Å². The second-order valence-electron chi connectivity index (χ2n) is 5.78. The molecule has 2 aromatic rings. The van der Waals surface area contributed by atoms with Crippen molar-refractivity contribution in [3.63, 3.8) is 0 Å². The van der Waals surface area contributed by atoms with Gasteiger partial charge in [-0.2, -0.15) is 5.26 Å². The number of para-hydroxylation sites is 1. The number of benzene rings is 1.